The third-order valence-electron chi connectivity index (χ3n) is 5.25. The average molecular weight is 284 g/mol. The Kier molecular flexibility index (Phi) is 2.31. The van der Waals surface area contributed by atoms with Gasteiger partial charge in [0.25, 0.3) is 5.91 Å². The predicted molar refractivity (Wildman–Crippen MR) is 76.8 cm³/mol. The van der Waals surface area contributed by atoms with Gasteiger partial charge in [0.15, 0.2) is 0 Å². The predicted octanol–water partition coefficient (Wildman–Crippen LogP) is 3.31. The van der Waals surface area contributed by atoms with Crippen molar-refractivity contribution in [2.45, 2.75) is 33.1 Å². The highest BCUT2D eigenvalue weighted by atomic mass is 19.1. The molecular formula is C17H17FN2O. The molecule has 2 aliphatic rings. The number of halogens is 1. The highest BCUT2D eigenvalue weighted by Gasteiger charge is 2.64. The van der Waals surface area contributed by atoms with Crippen molar-refractivity contribution in [3.05, 3.63) is 52.6 Å². The molecule has 0 amide bonds. The summed E-state index contributed by atoms with van der Waals surface area (Å²) in [4.78, 5) is 12.6. The maximum Gasteiger partial charge on any atom is 0.278 e. The first-order valence-electron chi connectivity index (χ1n) is 7.30. The third-order valence-corrected chi connectivity index (χ3v) is 5.25. The second-order valence-corrected chi connectivity index (χ2v) is 6.78. The molecule has 3 nitrogen and oxygen atoms in total. The van der Waals surface area contributed by atoms with E-state index in [0.29, 0.717) is 22.8 Å². The van der Waals surface area contributed by atoms with Crippen molar-refractivity contribution in [3.8, 4) is 0 Å². The number of fused-ring (bicyclic) bond motifs is 3. The molecule has 2 aromatic rings. The number of carbonyl (C=O) groups excluding carboxylic acids is 1. The quantitative estimate of drug-likeness (QED) is 0.805. The molecule has 0 aliphatic heterocycles. The first-order chi connectivity index (χ1) is 9.91. The van der Waals surface area contributed by atoms with Crippen LogP contribution in [0.4, 0.5) is 4.39 Å². The van der Waals surface area contributed by atoms with Crippen LogP contribution in [0.2, 0.25) is 0 Å². The fourth-order valence-corrected chi connectivity index (χ4v) is 4.01. The van der Waals surface area contributed by atoms with Gasteiger partial charge in [0.2, 0.25) is 0 Å². The molecule has 1 aromatic heterocycles. The van der Waals surface area contributed by atoms with Crippen LogP contribution in [0.1, 0.15) is 47.1 Å². The van der Waals surface area contributed by atoms with Crippen molar-refractivity contribution in [1.29, 1.82) is 0 Å². The smallest absolute Gasteiger partial charge is 0.267 e. The van der Waals surface area contributed by atoms with Gasteiger partial charge in [-0.2, -0.15) is 5.10 Å². The van der Waals surface area contributed by atoms with Crippen LogP contribution in [-0.4, -0.2) is 15.7 Å². The lowest BCUT2D eigenvalue weighted by atomic mass is 9.98. The topological polar surface area (TPSA) is 34.9 Å². The molecule has 2 atom stereocenters. The van der Waals surface area contributed by atoms with Crippen LogP contribution in [0.15, 0.2) is 24.3 Å². The maximum atomic E-state index is 13.3. The summed E-state index contributed by atoms with van der Waals surface area (Å²) in [6, 6.07) is 5.80. The van der Waals surface area contributed by atoms with E-state index in [4.69, 9.17) is 0 Å². The zero-order valence-electron chi connectivity index (χ0n) is 12.4. The summed E-state index contributed by atoms with van der Waals surface area (Å²) in [5.74, 6) is 0.514. The zero-order valence-corrected chi connectivity index (χ0v) is 12.4. The largest absolute Gasteiger partial charge is 0.278 e. The molecule has 0 radical (unpaired) electrons. The number of aromatic nitrogens is 2. The van der Waals surface area contributed by atoms with E-state index < -0.39 is 5.82 Å². The lowest BCUT2D eigenvalue weighted by Crippen LogP contribution is -2.17. The van der Waals surface area contributed by atoms with Gasteiger partial charge < -0.3 is 0 Å². The van der Waals surface area contributed by atoms with Crippen molar-refractivity contribution < 1.29 is 9.18 Å². The van der Waals surface area contributed by atoms with Crippen LogP contribution in [0.5, 0.6) is 0 Å². The minimum atomic E-state index is -0.398. The van der Waals surface area contributed by atoms with Gasteiger partial charge in [-0.15, -0.1) is 0 Å². The van der Waals surface area contributed by atoms with Crippen LogP contribution < -0.4 is 0 Å². The average Bonchev–Trinajstić information content (AvgIpc) is 2.81. The Morgan fingerprint density at radius 3 is 2.90 bits per heavy atom. The molecule has 4 heteroatoms. The van der Waals surface area contributed by atoms with E-state index in [-0.39, 0.29) is 5.91 Å². The number of carbonyl (C=O) groups is 1. The summed E-state index contributed by atoms with van der Waals surface area (Å²) in [6.45, 7) is 6.51. The first-order valence-corrected chi connectivity index (χ1v) is 7.30. The third kappa shape index (κ3) is 1.59. The molecule has 0 bridgehead atoms. The highest BCUT2D eigenvalue weighted by Crippen LogP contribution is 2.70. The molecule has 0 spiro atoms. The molecule has 2 aliphatic carbocycles. The Morgan fingerprint density at radius 2 is 2.19 bits per heavy atom. The first kappa shape index (κ1) is 12.7. The number of benzene rings is 1. The lowest BCUT2D eigenvalue weighted by Gasteiger charge is -2.10. The monoisotopic (exact) mass is 284 g/mol. The number of rotatable bonds is 1. The Morgan fingerprint density at radius 1 is 1.43 bits per heavy atom. The van der Waals surface area contributed by atoms with E-state index in [1.807, 2.05) is 6.92 Å². The second kappa shape index (κ2) is 3.81. The van der Waals surface area contributed by atoms with Crippen LogP contribution in [-0.2, 0) is 6.42 Å². The normalized spacial score (nSPS) is 24.6. The Labute approximate surface area is 122 Å². The van der Waals surface area contributed by atoms with Crippen molar-refractivity contribution in [3.63, 3.8) is 0 Å². The van der Waals surface area contributed by atoms with Crippen molar-refractivity contribution in [2.24, 2.45) is 11.3 Å². The Bertz CT molecular complexity index is 775. The Balaban J connectivity index is 1.77. The molecule has 1 saturated carbocycles. The van der Waals surface area contributed by atoms with E-state index in [1.54, 1.807) is 12.1 Å². The summed E-state index contributed by atoms with van der Waals surface area (Å²) in [5, 5.41) is 4.43. The molecular weight excluding hydrogens is 267 g/mol. The van der Waals surface area contributed by atoms with Gasteiger partial charge in [0.1, 0.15) is 5.82 Å². The van der Waals surface area contributed by atoms with E-state index in [1.165, 1.54) is 22.4 Å². The van der Waals surface area contributed by atoms with Crippen LogP contribution in [0, 0.1) is 24.1 Å². The zero-order chi connectivity index (χ0) is 14.9. The fourth-order valence-electron chi connectivity index (χ4n) is 4.01. The number of hydrogen-bond donors (Lipinski definition) is 0. The number of nitrogens with zero attached hydrogens (tertiary/aromatic N) is 2. The van der Waals surface area contributed by atoms with Gasteiger partial charge >= 0.3 is 0 Å². The molecule has 21 heavy (non-hydrogen) atoms. The standard InChI is InChI=1S/C17H17FN2O/c1-9-14-13(8-12-15(14)17(12,2)3)20(19-9)16(21)10-5-4-6-11(18)7-10/h4-7,12,15H,8H2,1-3H3. The van der Waals surface area contributed by atoms with E-state index >= 15 is 0 Å². The van der Waals surface area contributed by atoms with Gasteiger partial charge in [-0.25, -0.2) is 9.07 Å². The Hall–Kier alpha value is -1.97. The SMILES string of the molecule is Cc1nn(C(=O)c2cccc(F)c2)c2c1C1C(C2)C1(C)C. The maximum absolute atomic E-state index is 13.3. The minimum Gasteiger partial charge on any atom is -0.267 e. The molecule has 0 saturated heterocycles. The minimum absolute atomic E-state index is 0.238. The molecule has 108 valence electrons. The summed E-state index contributed by atoms with van der Waals surface area (Å²) in [6.07, 6.45) is 0.898. The van der Waals surface area contributed by atoms with Crippen LogP contribution in [0.25, 0.3) is 0 Å². The van der Waals surface area contributed by atoms with Crippen LogP contribution in [0.3, 0.4) is 0 Å². The molecule has 1 fully saturated rings. The van der Waals surface area contributed by atoms with Gasteiger partial charge in [-0.3, -0.25) is 4.79 Å². The van der Waals surface area contributed by atoms with E-state index in [9.17, 15) is 9.18 Å². The number of aryl methyl sites for hydroxylation is 1. The second-order valence-electron chi connectivity index (χ2n) is 6.78. The van der Waals surface area contributed by atoms with Gasteiger partial charge in [0, 0.05) is 11.1 Å². The van der Waals surface area contributed by atoms with Gasteiger partial charge in [0.05, 0.1) is 11.4 Å². The van der Waals surface area contributed by atoms with Gasteiger partial charge in [-0.05, 0) is 48.8 Å². The van der Waals surface area contributed by atoms with Crippen molar-refractivity contribution in [2.75, 3.05) is 0 Å². The molecule has 0 N–H and O–H groups in total. The number of hydrogen-bond acceptors (Lipinski definition) is 2. The van der Waals surface area contributed by atoms with Crippen LogP contribution >= 0.6 is 0 Å². The molecule has 1 heterocycles. The van der Waals surface area contributed by atoms with Gasteiger partial charge in [-0.1, -0.05) is 19.9 Å². The van der Waals surface area contributed by atoms with Crippen molar-refractivity contribution >= 4 is 5.91 Å². The molecule has 4 rings (SSSR count). The summed E-state index contributed by atoms with van der Waals surface area (Å²) in [7, 11) is 0. The molecule has 1 aromatic carbocycles. The van der Waals surface area contributed by atoms with E-state index in [2.05, 4.69) is 18.9 Å². The van der Waals surface area contributed by atoms with E-state index in [0.717, 1.165) is 17.8 Å². The lowest BCUT2D eigenvalue weighted by molar-refractivity contribution is 0.0940. The molecule has 2 unspecified atom stereocenters. The highest BCUT2D eigenvalue weighted by molar-refractivity contribution is 5.96. The summed E-state index contributed by atoms with van der Waals surface area (Å²) < 4.78 is 14.8. The fraction of sp³-hybridized carbons (Fsp3) is 0.412. The van der Waals surface area contributed by atoms with Crippen molar-refractivity contribution in [1.82, 2.24) is 9.78 Å². The summed E-state index contributed by atoms with van der Waals surface area (Å²) in [5.41, 5.74) is 3.88. The summed E-state index contributed by atoms with van der Waals surface area (Å²) >= 11 is 0.